The Morgan fingerprint density at radius 2 is 1.83 bits per heavy atom. The number of nitrogens with zero attached hydrogens (tertiary/aromatic N) is 2. The van der Waals surface area contributed by atoms with Gasteiger partial charge in [0.25, 0.3) is 11.3 Å². The van der Waals surface area contributed by atoms with E-state index < -0.39 is 34.4 Å². The van der Waals surface area contributed by atoms with Gasteiger partial charge >= 0.3 is 11.7 Å². The highest BCUT2D eigenvalue weighted by Crippen LogP contribution is 2.17. The molecule has 0 aliphatic carbocycles. The van der Waals surface area contributed by atoms with E-state index in [0.717, 1.165) is 11.6 Å². The number of hydrogen-bond donors (Lipinski definition) is 1. The third-order valence-electron chi connectivity index (χ3n) is 3.58. The summed E-state index contributed by atoms with van der Waals surface area (Å²) in [5.74, 6) is -3.84. The molecule has 0 saturated heterocycles. The zero-order valence-electron chi connectivity index (χ0n) is 12.7. The molecule has 0 radical (unpaired) electrons. The van der Waals surface area contributed by atoms with Crippen molar-refractivity contribution in [3.8, 4) is 0 Å². The van der Waals surface area contributed by atoms with Gasteiger partial charge in [0, 0.05) is 29.8 Å². The highest BCUT2D eigenvalue weighted by molar-refractivity contribution is 14.1. The number of carbonyl (C=O) groups is 2. The average Bonchev–Trinajstić information content (AvgIpc) is 2.52. The van der Waals surface area contributed by atoms with Crippen molar-refractivity contribution in [2.45, 2.75) is 6.42 Å². The fourth-order valence-electron chi connectivity index (χ4n) is 2.27. The molecule has 1 aromatic carbocycles. The van der Waals surface area contributed by atoms with Gasteiger partial charge in [0.15, 0.2) is 0 Å². The molecular formula is C15H12FIN2O5. The van der Waals surface area contributed by atoms with Crippen LogP contribution in [0.2, 0.25) is 0 Å². The normalized spacial score (nSPS) is 10.7. The molecule has 126 valence electrons. The van der Waals surface area contributed by atoms with Crippen LogP contribution < -0.4 is 11.2 Å². The Hall–Kier alpha value is -2.30. The van der Waals surface area contributed by atoms with Gasteiger partial charge < -0.3 is 5.11 Å². The lowest BCUT2D eigenvalue weighted by Crippen LogP contribution is -2.43. The molecule has 1 aromatic heterocycles. The number of aliphatic carboxylic acids is 1. The summed E-state index contributed by atoms with van der Waals surface area (Å²) in [5.41, 5.74) is -2.41. The SMILES string of the molecule is Cn1c(Cc2ccc(I)cc2F)c(C(=O)C(=O)O)c(=O)n(C)c1=O. The standard InChI is InChI=1S/C15H12FIN2O5/c1-18-10(5-7-3-4-8(17)6-9(7)16)11(12(20)14(22)23)13(21)19(2)15(18)24/h3-4,6H,5H2,1-2H3,(H,22,23). The molecule has 24 heavy (non-hydrogen) atoms. The lowest BCUT2D eigenvalue weighted by Gasteiger charge is -2.14. The molecule has 7 nitrogen and oxygen atoms in total. The second kappa shape index (κ2) is 6.67. The van der Waals surface area contributed by atoms with Gasteiger partial charge in [0.1, 0.15) is 11.4 Å². The number of halogens is 2. The first-order valence-electron chi connectivity index (χ1n) is 6.65. The van der Waals surface area contributed by atoms with Crippen molar-refractivity contribution in [1.82, 2.24) is 9.13 Å². The number of benzene rings is 1. The van der Waals surface area contributed by atoms with Gasteiger partial charge in [-0.2, -0.15) is 0 Å². The van der Waals surface area contributed by atoms with Crippen molar-refractivity contribution in [2.75, 3.05) is 0 Å². The smallest absolute Gasteiger partial charge is 0.377 e. The minimum atomic E-state index is -1.82. The van der Waals surface area contributed by atoms with Crippen molar-refractivity contribution in [3.63, 3.8) is 0 Å². The maximum atomic E-state index is 14.1. The van der Waals surface area contributed by atoms with Crippen molar-refractivity contribution < 1.29 is 19.1 Å². The number of ketones is 1. The number of Topliss-reactive ketones (excluding diaryl/α,β-unsaturated/α-hetero) is 1. The Morgan fingerprint density at radius 3 is 2.38 bits per heavy atom. The molecule has 1 N–H and O–H groups in total. The van der Waals surface area contributed by atoms with Gasteiger partial charge in [-0.3, -0.25) is 18.7 Å². The molecule has 2 aromatic rings. The highest BCUT2D eigenvalue weighted by Gasteiger charge is 2.27. The lowest BCUT2D eigenvalue weighted by molar-refractivity contribution is -0.131. The average molecular weight is 446 g/mol. The molecule has 0 bridgehead atoms. The molecule has 0 amide bonds. The molecular weight excluding hydrogens is 434 g/mol. The minimum Gasteiger partial charge on any atom is -0.475 e. The summed E-state index contributed by atoms with van der Waals surface area (Å²) in [6.07, 6.45) is -0.265. The number of hydrogen-bond acceptors (Lipinski definition) is 4. The van der Waals surface area contributed by atoms with Gasteiger partial charge in [-0.25, -0.2) is 14.0 Å². The summed E-state index contributed by atoms with van der Waals surface area (Å²) in [6.45, 7) is 0. The molecule has 0 aliphatic rings. The molecule has 0 unspecified atom stereocenters. The summed E-state index contributed by atoms with van der Waals surface area (Å²) in [6, 6.07) is 4.33. The summed E-state index contributed by atoms with van der Waals surface area (Å²) in [4.78, 5) is 47.2. The van der Waals surface area contributed by atoms with E-state index in [1.54, 1.807) is 6.07 Å². The summed E-state index contributed by atoms with van der Waals surface area (Å²) < 4.78 is 16.3. The topological polar surface area (TPSA) is 98.4 Å². The monoisotopic (exact) mass is 446 g/mol. The third kappa shape index (κ3) is 3.16. The molecule has 0 spiro atoms. The van der Waals surface area contributed by atoms with Crippen molar-refractivity contribution in [3.05, 3.63) is 65.2 Å². The first kappa shape index (κ1) is 18.0. The van der Waals surface area contributed by atoms with Crippen LogP contribution >= 0.6 is 22.6 Å². The van der Waals surface area contributed by atoms with Gasteiger partial charge in [0.05, 0.1) is 0 Å². The van der Waals surface area contributed by atoms with Crippen LogP contribution in [0.3, 0.4) is 0 Å². The number of carboxylic acid groups (broad SMARTS) is 1. The number of aromatic nitrogens is 2. The van der Waals surface area contributed by atoms with E-state index in [2.05, 4.69) is 0 Å². The van der Waals surface area contributed by atoms with E-state index in [9.17, 15) is 23.6 Å². The van der Waals surface area contributed by atoms with Crippen LogP contribution in [0.25, 0.3) is 0 Å². The van der Waals surface area contributed by atoms with E-state index in [1.165, 1.54) is 19.2 Å². The Kier molecular flexibility index (Phi) is 5.02. The van der Waals surface area contributed by atoms with Crippen molar-refractivity contribution in [2.24, 2.45) is 14.1 Å². The Balaban J connectivity index is 2.77. The molecule has 9 heteroatoms. The molecule has 0 saturated carbocycles. The second-order valence-electron chi connectivity index (χ2n) is 5.07. The zero-order valence-corrected chi connectivity index (χ0v) is 14.8. The molecule has 1 heterocycles. The highest BCUT2D eigenvalue weighted by atomic mass is 127. The van der Waals surface area contributed by atoms with Crippen LogP contribution in [0.5, 0.6) is 0 Å². The van der Waals surface area contributed by atoms with E-state index in [1.807, 2.05) is 22.6 Å². The van der Waals surface area contributed by atoms with Crippen molar-refractivity contribution >= 4 is 34.3 Å². The van der Waals surface area contributed by atoms with Crippen molar-refractivity contribution in [1.29, 1.82) is 0 Å². The molecule has 0 fully saturated rings. The lowest BCUT2D eigenvalue weighted by atomic mass is 10.0. The fraction of sp³-hybridized carbons (Fsp3) is 0.200. The first-order chi connectivity index (χ1) is 11.1. The Morgan fingerprint density at radius 1 is 1.21 bits per heavy atom. The fourth-order valence-corrected chi connectivity index (χ4v) is 2.73. The molecule has 0 aliphatic heterocycles. The quantitative estimate of drug-likeness (QED) is 0.424. The first-order valence-corrected chi connectivity index (χ1v) is 7.73. The summed E-state index contributed by atoms with van der Waals surface area (Å²) in [5, 5.41) is 8.93. The van der Waals surface area contributed by atoms with Crippen LogP contribution in [-0.2, 0) is 25.3 Å². The molecule has 2 rings (SSSR count). The maximum absolute atomic E-state index is 14.1. The Labute approximate surface area is 148 Å². The van der Waals surface area contributed by atoms with Crippen LogP contribution in [0.1, 0.15) is 21.6 Å². The second-order valence-corrected chi connectivity index (χ2v) is 6.32. The summed E-state index contributed by atoms with van der Waals surface area (Å²) >= 11 is 1.92. The predicted octanol–water partition coefficient (Wildman–Crippen LogP) is 0.686. The third-order valence-corrected chi connectivity index (χ3v) is 4.25. The number of carbonyl (C=O) groups excluding carboxylic acids is 1. The van der Waals surface area contributed by atoms with Gasteiger partial charge in [-0.05, 0) is 40.3 Å². The molecule has 0 atom stereocenters. The largest absolute Gasteiger partial charge is 0.475 e. The van der Waals surface area contributed by atoms with E-state index in [-0.39, 0.29) is 17.7 Å². The van der Waals surface area contributed by atoms with Crippen LogP contribution in [0.15, 0.2) is 27.8 Å². The van der Waals surface area contributed by atoms with Crippen LogP contribution in [-0.4, -0.2) is 26.0 Å². The zero-order chi connectivity index (χ0) is 18.2. The maximum Gasteiger partial charge on any atom is 0.377 e. The number of carboxylic acids is 1. The number of rotatable bonds is 4. The van der Waals surface area contributed by atoms with E-state index >= 15 is 0 Å². The van der Waals surface area contributed by atoms with E-state index in [4.69, 9.17) is 5.11 Å². The van der Waals surface area contributed by atoms with E-state index in [0.29, 0.717) is 8.14 Å². The van der Waals surface area contributed by atoms with Crippen LogP contribution in [0.4, 0.5) is 4.39 Å². The van der Waals surface area contributed by atoms with Crippen LogP contribution in [0, 0.1) is 9.39 Å². The van der Waals surface area contributed by atoms with Gasteiger partial charge in [-0.15, -0.1) is 0 Å². The van der Waals surface area contributed by atoms with Gasteiger partial charge in [0.2, 0.25) is 0 Å². The minimum absolute atomic E-state index is 0.137. The Bertz CT molecular complexity index is 977. The van der Waals surface area contributed by atoms with Gasteiger partial charge in [-0.1, -0.05) is 6.07 Å². The predicted molar refractivity (Wildman–Crippen MR) is 90.8 cm³/mol. The summed E-state index contributed by atoms with van der Waals surface area (Å²) in [7, 11) is 2.43.